The summed E-state index contributed by atoms with van der Waals surface area (Å²) in [6, 6.07) is 3.38. The van der Waals surface area contributed by atoms with Gasteiger partial charge in [0.25, 0.3) is 0 Å². The van der Waals surface area contributed by atoms with Gasteiger partial charge in [0.05, 0.1) is 21.1 Å². The molecule has 6 nitrogen and oxygen atoms in total. The van der Waals surface area contributed by atoms with Crippen molar-refractivity contribution in [2.75, 3.05) is 5.32 Å². The van der Waals surface area contributed by atoms with E-state index in [-0.39, 0.29) is 5.91 Å². The molecule has 3 aromatic rings. The van der Waals surface area contributed by atoms with Crippen molar-refractivity contribution < 1.29 is 4.79 Å². The Morgan fingerprint density at radius 2 is 2.00 bits per heavy atom. The van der Waals surface area contributed by atoms with Crippen LogP contribution in [0.2, 0.25) is 10.0 Å². The van der Waals surface area contributed by atoms with Crippen molar-refractivity contribution in [1.82, 2.24) is 19.6 Å². The molecule has 0 saturated carbocycles. The third kappa shape index (κ3) is 2.30. The minimum atomic E-state index is -0.232. The normalized spacial score (nSPS) is 11.2. The van der Waals surface area contributed by atoms with Gasteiger partial charge in [0, 0.05) is 13.3 Å². The van der Waals surface area contributed by atoms with E-state index in [1.807, 2.05) is 11.3 Å². The van der Waals surface area contributed by atoms with Crippen LogP contribution in [0.15, 0.2) is 12.1 Å². The Morgan fingerprint density at radius 1 is 1.29 bits per heavy atom. The molecule has 0 radical (unpaired) electrons. The smallest absolute Gasteiger partial charge is 0.222 e. The third-order valence-corrected chi connectivity index (χ3v) is 3.77. The van der Waals surface area contributed by atoms with Crippen LogP contribution in [-0.2, 0) is 11.2 Å². The maximum absolute atomic E-state index is 11.3. The first-order valence-corrected chi connectivity index (χ1v) is 7.07. The number of amides is 1. The average Bonchev–Trinajstić information content (AvgIpc) is 2.85. The summed E-state index contributed by atoms with van der Waals surface area (Å²) in [6.07, 6.45) is 0.681. The fourth-order valence-electron chi connectivity index (χ4n) is 2.17. The van der Waals surface area contributed by atoms with Gasteiger partial charge in [-0.3, -0.25) is 9.20 Å². The first-order chi connectivity index (χ1) is 10.0. The van der Waals surface area contributed by atoms with Crippen molar-refractivity contribution in [3.05, 3.63) is 28.0 Å². The van der Waals surface area contributed by atoms with E-state index in [0.29, 0.717) is 33.4 Å². The van der Waals surface area contributed by atoms with Crippen LogP contribution in [0.3, 0.4) is 0 Å². The highest BCUT2D eigenvalue weighted by Crippen LogP contribution is 2.29. The Labute approximate surface area is 130 Å². The second kappa shape index (κ2) is 5.13. The molecule has 0 aliphatic heterocycles. The number of halogens is 2. The van der Waals surface area contributed by atoms with Crippen LogP contribution in [0.5, 0.6) is 0 Å². The summed E-state index contributed by atoms with van der Waals surface area (Å²) in [6.45, 7) is 3.38. The van der Waals surface area contributed by atoms with Crippen LogP contribution in [0.25, 0.3) is 16.7 Å². The number of rotatable bonds is 2. The van der Waals surface area contributed by atoms with Gasteiger partial charge in [-0.15, -0.1) is 10.2 Å². The number of carbonyl (C=O) groups excluding carboxylic acids is 1. The second-order valence-electron chi connectivity index (χ2n) is 4.53. The standard InChI is InChI=1S/C13H11Cl2N5O/c1-3-11-18-19-13-12(16-6(2)21)17-9-4-7(14)8(15)5-10(9)20(11)13/h4-5H,3H2,1-2H3,(H,16,17,21). The number of aromatic nitrogens is 4. The monoisotopic (exact) mass is 323 g/mol. The van der Waals surface area contributed by atoms with Crippen LogP contribution in [0.1, 0.15) is 19.7 Å². The minimum absolute atomic E-state index is 0.232. The van der Waals surface area contributed by atoms with E-state index in [1.165, 1.54) is 6.92 Å². The van der Waals surface area contributed by atoms with Gasteiger partial charge in [0.15, 0.2) is 5.82 Å². The number of hydrogen-bond donors (Lipinski definition) is 1. The zero-order chi connectivity index (χ0) is 15.1. The van der Waals surface area contributed by atoms with E-state index in [0.717, 1.165) is 11.3 Å². The van der Waals surface area contributed by atoms with Crippen molar-refractivity contribution in [2.24, 2.45) is 0 Å². The van der Waals surface area contributed by atoms with Crippen molar-refractivity contribution in [3.8, 4) is 0 Å². The minimum Gasteiger partial charge on any atom is -0.308 e. The Hall–Kier alpha value is -1.92. The lowest BCUT2D eigenvalue weighted by Gasteiger charge is -2.09. The number of anilines is 1. The molecule has 1 N–H and O–H groups in total. The maximum Gasteiger partial charge on any atom is 0.222 e. The summed E-state index contributed by atoms with van der Waals surface area (Å²) in [7, 11) is 0. The Bertz CT molecular complexity index is 874. The Morgan fingerprint density at radius 3 is 2.67 bits per heavy atom. The van der Waals surface area contributed by atoms with Gasteiger partial charge >= 0.3 is 0 Å². The number of nitrogens with zero attached hydrogens (tertiary/aromatic N) is 4. The number of nitrogens with one attached hydrogen (secondary N) is 1. The first-order valence-electron chi connectivity index (χ1n) is 6.31. The molecule has 0 unspecified atom stereocenters. The predicted octanol–water partition coefficient (Wildman–Crippen LogP) is 3.11. The van der Waals surface area contributed by atoms with E-state index in [4.69, 9.17) is 23.2 Å². The lowest BCUT2D eigenvalue weighted by atomic mass is 10.3. The summed E-state index contributed by atoms with van der Waals surface area (Å²) in [5, 5.41) is 11.7. The molecule has 0 spiro atoms. The second-order valence-corrected chi connectivity index (χ2v) is 5.34. The topological polar surface area (TPSA) is 72.2 Å². The van der Waals surface area contributed by atoms with Crippen LogP contribution in [-0.4, -0.2) is 25.5 Å². The van der Waals surface area contributed by atoms with Gasteiger partial charge in [0.1, 0.15) is 5.82 Å². The van der Waals surface area contributed by atoms with Gasteiger partial charge in [-0.25, -0.2) is 4.98 Å². The van der Waals surface area contributed by atoms with E-state index in [2.05, 4.69) is 20.5 Å². The zero-order valence-electron chi connectivity index (χ0n) is 11.3. The molecule has 0 aliphatic carbocycles. The highest BCUT2D eigenvalue weighted by atomic mass is 35.5. The number of aryl methyl sites for hydroxylation is 1. The molecule has 2 heterocycles. The number of carbonyl (C=O) groups is 1. The predicted molar refractivity (Wildman–Crippen MR) is 82.0 cm³/mol. The molecule has 21 heavy (non-hydrogen) atoms. The summed E-state index contributed by atoms with van der Waals surface area (Å²) in [5.74, 6) is 0.868. The van der Waals surface area contributed by atoms with Crippen LogP contribution in [0, 0.1) is 0 Å². The molecule has 1 amide bonds. The SMILES string of the molecule is CCc1nnc2c(NC(C)=O)nc3cc(Cl)c(Cl)cc3n12. The van der Waals surface area contributed by atoms with E-state index < -0.39 is 0 Å². The van der Waals surface area contributed by atoms with E-state index >= 15 is 0 Å². The zero-order valence-corrected chi connectivity index (χ0v) is 12.8. The molecule has 3 rings (SSSR count). The van der Waals surface area contributed by atoms with Crippen molar-refractivity contribution >= 4 is 51.6 Å². The largest absolute Gasteiger partial charge is 0.308 e. The molecule has 0 bridgehead atoms. The van der Waals surface area contributed by atoms with Crippen LogP contribution in [0.4, 0.5) is 5.82 Å². The van der Waals surface area contributed by atoms with Crippen LogP contribution < -0.4 is 5.32 Å². The van der Waals surface area contributed by atoms with Crippen molar-refractivity contribution in [1.29, 1.82) is 0 Å². The fourth-order valence-corrected chi connectivity index (χ4v) is 2.48. The summed E-state index contributed by atoms with van der Waals surface area (Å²) in [4.78, 5) is 15.7. The highest BCUT2D eigenvalue weighted by molar-refractivity contribution is 6.42. The Balaban J connectivity index is 2.45. The average molecular weight is 324 g/mol. The molecular formula is C13H11Cl2N5O. The fraction of sp³-hybridized carbons (Fsp3) is 0.231. The summed E-state index contributed by atoms with van der Waals surface area (Å²) in [5.41, 5.74) is 1.83. The maximum atomic E-state index is 11.3. The lowest BCUT2D eigenvalue weighted by Crippen LogP contribution is -2.10. The van der Waals surface area contributed by atoms with Crippen LogP contribution >= 0.6 is 23.2 Å². The molecule has 108 valence electrons. The lowest BCUT2D eigenvalue weighted by molar-refractivity contribution is -0.114. The summed E-state index contributed by atoms with van der Waals surface area (Å²) >= 11 is 12.1. The number of benzene rings is 1. The molecule has 1 aromatic carbocycles. The molecule has 0 saturated heterocycles. The highest BCUT2D eigenvalue weighted by Gasteiger charge is 2.16. The van der Waals surface area contributed by atoms with Gasteiger partial charge < -0.3 is 5.32 Å². The van der Waals surface area contributed by atoms with Crippen molar-refractivity contribution in [3.63, 3.8) is 0 Å². The van der Waals surface area contributed by atoms with Gasteiger partial charge in [-0.2, -0.15) is 0 Å². The van der Waals surface area contributed by atoms with Gasteiger partial charge in [0.2, 0.25) is 11.6 Å². The van der Waals surface area contributed by atoms with Crippen molar-refractivity contribution in [2.45, 2.75) is 20.3 Å². The van der Waals surface area contributed by atoms with E-state index in [9.17, 15) is 4.79 Å². The molecular weight excluding hydrogens is 313 g/mol. The van der Waals surface area contributed by atoms with Gasteiger partial charge in [-0.1, -0.05) is 30.1 Å². The molecule has 0 atom stereocenters. The molecule has 0 aliphatic rings. The van der Waals surface area contributed by atoms with Gasteiger partial charge in [-0.05, 0) is 12.1 Å². The Kier molecular flexibility index (Phi) is 3.43. The molecule has 2 aromatic heterocycles. The number of hydrogen-bond acceptors (Lipinski definition) is 4. The van der Waals surface area contributed by atoms with E-state index in [1.54, 1.807) is 12.1 Å². The number of fused-ring (bicyclic) bond motifs is 3. The summed E-state index contributed by atoms with van der Waals surface area (Å²) < 4.78 is 1.83. The molecule has 0 fully saturated rings. The molecule has 8 heteroatoms. The third-order valence-electron chi connectivity index (χ3n) is 3.04. The quantitative estimate of drug-likeness (QED) is 0.786. The first kappa shape index (κ1) is 14.0.